The third kappa shape index (κ3) is 2.52. The summed E-state index contributed by atoms with van der Waals surface area (Å²) in [5, 5.41) is 3.38. The van der Waals surface area contributed by atoms with E-state index in [0.717, 1.165) is 19.5 Å². The van der Waals surface area contributed by atoms with E-state index in [-0.39, 0.29) is 4.75 Å². The van der Waals surface area contributed by atoms with Gasteiger partial charge in [0.25, 0.3) is 0 Å². The largest absolute Gasteiger partial charge is 0.317 e. The maximum absolute atomic E-state index is 4.82. The summed E-state index contributed by atoms with van der Waals surface area (Å²) in [4.78, 5) is 0. The van der Waals surface area contributed by atoms with Crippen LogP contribution in [-0.4, -0.2) is 17.8 Å². The molecule has 0 aliphatic carbocycles. The first-order chi connectivity index (χ1) is 6.79. The SMILES string of the molecule is SC1(Cc2ccccc2)CCNCC1. The molecular weight excluding hydrogens is 190 g/mol. The zero-order chi connectivity index (χ0) is 9.86. The first kappa shape index (κ1) is 10.1. The summed E-state index contributed by atoms with van der Waals surface area (Å²) in [5.41, 5.74) is 1.41. The van der Waals surface area contributed by atoms with Gasteiger partial charge in [0.15, 0.2) is 0 Å². The molecule has 0 unspecified atom stereocenters. The summed E-state index contributed by atoms with van der Waals surface area (Å²) in [6, 6.07) is 10.7. The molecule has 14 heavy (non-hydrogen) atoms. The Morgan fingerprint density at radius 1 is 1.14 bits per heavy atom. The van der Waals surface area contributed by atoms with Crippen LogP contribution >= 0.6 is 12.6 Å². The third-order valence-electron chi connectivity index (χ3n) is 2.91. The molecular formula is C12H17NS. The van der Waals surface area contributed by atoms with Crippen molar-refractivity contribution in [2.45, 2.75) is 24.0 Å². The predicted octanol–water partition coefficient (Wildman–Crippen LogP) is 2.28. The molecule has 0 amide bonds. The number of nitrogens with one attached hydrogen (secondary N) is 1. The van der Waals surface area contributed by atoms with E-state index in [2.05, 4.69) is 35.6 Å². The van der Waals surface area contributed by atoms with Crippen molar-refractivity contribution in [1.82, 2.24) is 5.32 Å². The Labute approximate surface area is 91.3 Å². The van der Waals surface area contributed by atoms with Crippen LogP contribution in [0.4, 0.5) is 0 Å². The van der Waals surface area contributed by atoms with Gasteiger partial charge in [-0.3, -0.25) is 0 Å². The minimum atomic E-state index is 0.215. The van der Waals surface area contributed by atoms with Crippen LogP contribution in [0.5, 0.6) is 0 Å². The lowest BCUT2D eigenvalue weighted by atomic mass is 9.90. The zero-order valence-corrected chi connectivity index (χ0v) is 9.26. The Balaban J connectivity index is 2.02. The van der Waals surface area contributed by atoms with Gasteiger partial charge in [0.1, 0.15) is 0 Å². The van der Waals surface area contributed by atoms with Gasteiger partial charge in [0.05, 0.1) is 0 Å². The second-order valence-corrected chi connectivity index (χ2v) is 5.09. The average Bonchev–Trinajstić information content (AvgIpc) is 2.19. The summed E-state index contributed by atoms with van der Waals surface area (Å²) in [5.74, 6) is 0. The summed E-state index contributed by atoms with van der Waals surface area (Å²) in [7, 11) is 0. The van der Waals surface area contributed by atoms with Crippen LogP contribution in [0.25, 0.3) is 0 Å². The van der Waals surface area contributed by atoms with E-state index in [4.69, 9.17) is 12.6 Å². The average molecular weight is 207 g/mol. The molecule has 1 nitrogen and oxygen atoms in total. The van der Waals surface area contributed by atoms with Crippen molar-refractivity contribution >= 4 is 12.6 Å². The van der Waals surface area contributed by atoms with Gasteiger partial charge >= 0.3 is 0 Å². The Kier molecular flexibility index (Phi) is 3.14. The third-order valence-corrected chi connectivity index (χ3v) is 3.52. The molecule has 1 aromatic rings. The highest BCUT2D eigenvalue weighted by molar-refractivity contribution is 7.81. The van der Waals surface area contributed by atoms with Crippen LogP contribution in [0.2, 0.25) is 0 Å². The van der Waals surface area contributed by atoms with Gasteiger partial charge in [-0.25, -0.2) is 0 Å². The molecule has 1 fully saturated rings. The van der Waals surface area contributed by atoms with Crippen LogP contribution in [-0.2, 0) is 6.42 Å². The zero-order valence-electron chi connectivity index (χ0n) is 8.37. The van der Waals surface area contributed by atoms with Gasteiger partial charge in [0.2, 0.25) is 0 Å². The second kappa shape index (κ2) is 4.37. The first-order valence-corrected chi connectivity index (χ1v) is 5.70. The van der Waals surface area contributed by atoms with Crippen molar-refractivity contribution < 1.29 is 0 Å². The van der Waals surface area contributed by atoms with E-state index in [1.807, 2.05) is 0 Å². The van der Waals surface area contributed by atoms with E-state index >= 15 is 0 Å². The molecule has 0 radical (unpaired) electrons. The van der Waals surface area contributed by atoms with E-state index < -0.39 is 0 Å². The second-order valence-electron chi connectivity index (χ2n) is 4.14. The van der Waals surface area contributed by atoms with E-state index in [0.29, 0.717) is 0 Å². The standard InChI is InChI=1S/C12H17NS/c14-12(6-8-13-9-7-12)10-11-4-2-1-3-5-11/h1-5,13-14H,6-10H2. The summed E-state index contributed by atoms with van der Waals surface area (Å²) >= 11 is 4.82. The van der Waals surface area contributed by atoms with Gasteiger partial charge in [-0.2, -0.15) is 12.6 Å². The van der Waals surface area contributed by atoms with Gasteiger partial charge in [-0.1, -0.05) is 30.3 Å². The predicted molar refractivity (Wildman–Crippen MR) is 64.0 cm³/mol. The number of hydrogen-bond acceptors (Lipinski definition) is 2. The van der Waals surface area contributed by atoms with Crippen LogP contribution in [0.15, 0.2) is 30.3 Å². The first-order valence-electron chi connectivity index (χ1n) is 5.26. The van der Waals surface area contributed by atoms with E-state index in [1.54, 1.807) is 0 Å². The molecule has 0 saturated carbocycles. The lowest BCUT2D eigenvalue weighted by Gasteiger charge is -2.33. The fourth-order valence-electron chi connectivity index (χ4n) is 2.04. The Hall–Kier alpha value is -0.470. The maximum atomic E-state index is 4.82. The van der Waals surface area contributed by atoms with Crippen LogP contribution < -0.4 is 5.32 Å². The molecule has 1 aromatic carbocycles. The molecule has 1 aliphatic heterocycles. The topological polar surface area (TPSA) is 12.0 Å². The van der Waals surface area contributed by atoms with Gasteiger partial charge in [0, 0.05) is 4.75 Å². The van der Waals surface area contributed by atoms with E-state index in [1.165, 1.54) is 18.4 Å². The van der Waals surface area contributed by atoms with Crippen LogP contribution in [0.3, 0.4) is 0 Å². The summed E-state index contributed by atoms with van der Waals surface area (Å²) in [6.45, 7) is 2.21. The van der Waals surface area contributed by atoms with Crippen molar-refractivity contribution in [3.8, 4) is 0 Å². The van der Waals surface area contributed by atoms with Crippen LogP contribution in [0, 0.1) is 0 Å². The maximum Gasteiger partial charge on any atom is 0.0194 e. The number of piperidine rings is 1. The molecule has 1 N–H and O–H groups in total. The quantitative estimate of drug-likeness (QED) is 0.709. The van der Waals surface area contributed by atoms with Crippen molar-refractivity contribution in [3.63, 3.8) is 0 Å². The lowest BCUT2D eigenvalue weighted by Crippen LogP contribution is -2.39. The van der Waals surface area contributed by atoms with Gasteiger partial charge in [-0.05, 0) is 37.9 Å². The van der Waals surface area contributed by atoms with Crippen molar-refractivity contribution in [2.24, 2.45) is 0 Å². The van der Waals surface area contributed by atoms with Crippen molar-refractivity contribution in [1.29, 1.82) is 0 Å². The highest BCUT2D eigenvalue weighted by Gasteiger charge is 2.27. The van der Waals surface area contributed by atoms with Crippen molar-refractivity contribution in [3.05, 3.63) is 35.9 Å². The minimum Gasteiger partial charge on any atom is -0.317 e. The highest BCUT2D eigenvalue weighted by Crippen LogP contribution is 2.29. The van der Waals surface area contributed by atoms with Gasteiger partial charge < -0.3 is 5.32 Å². The molecule has 0 bridgehead atoms. The molecule has 0 atom stereocenters. The van der Waals surface area contributed by atoms with Gasteiger partial charge in [-0.15, -0.1) is 0 Å². The Morgan fingerprint density at radius 3 is 2.43 bits per heavy atom. The van der Waals surface area contributed by atoms with E-state index in [9.17, 15) is 0 Å². The number of hydrogen-bond donors (Lipinski definition) is 2. The fraction of sp³-hybridized carbons (Fsp3) is 0.500. The molecule has 76 valence electrons. The Bertz CT molecular complexity index is 278. The van der Waals surface area contributed by atoms with Crippen LogP contribution in [0.1, 0.15) is 18.4 Å². The van der Waals surface area contributed by atoms with Crippen molar-refractivity contribution in [2.75, 3.05) is 13.1 Å². The molecule has 1 aliphatic rings. The number of benzene rings is 1. The summed E-state index contributed by atoms with van der Waals surface area (Å²) in [6.07, 6.45) is 3.44. The summed E-state index contributed by atoms with van der Waals surface area (Å²) < 4.78 is 0.215. The molecule has 2 rings (SSSR count). The highest BCUT2D eigenvalue weighted by atomic mass is 32.1. The molecule has 0 spiro atoms. The normalized spacial score (nSPS) is 20.6. The monoisotopic (exact) mass is 207 g/mol. The molecule has 0 aromatic heterocycles. The lowest BCUT2D eigenvalue weighted by molar-refractivity contribution is 0.414. The molecule has 1 heterocycles. The molecule has 2 heteroatoms. The number of rotatable bonds is 2. The fourth-order valence-corrected chi connectivity index (χ4v) is 2.45. The smallest absolute Gasteiger partial charge is 0.0194 e. The minimum absolute atomic E-state index is 0.215. The molecule has 1 saturated heterocycles. The number of thiol groups is 1. The Morgan fingerprint density at radius 2 is 1.79 bits per heavy atom.